The molecule has 0 heterocycles. The molecule has 0 fully saturated rings. The maximum atomic E-state index is 12.9. The SMILES string of the molecule is CCCCC/C=C\C/C=C\CCCCCCCCCC(=O)OC[C@@H](COCCCCCCCCCCCCCCCCCC)OC(=O)CCCCCCCCCCCCC/C=C\CCCCCCCC. The van der Waals surface area contributed by atoms with Crippen molar-refractivity contribution in [2.45, 2.75) is 348 Å². The molecule has 0 aliphatic heterocycles. The third-order valence-electron chi connectivity index (χ3n) is 14.1. The van der Waals surface area contributed by atoms with Crippen molar-refractivity contribution in [2.75, 3.05) is 19.8 Å². The molecule has 0 aromatic rings. The molecule has 0 rings (SSSR count). The van der Waals surface area contributed by atoms with Crippen molar-refractivity contribution >= 4 is 11.9 Å². The minimum Gasteiger partial charge on any atom is -0.462 e. The predicted molar refractivity (Wildman–Crippen MR) is 307 cm³/mol. The van der Waals surface area contributed by atoms with Gasteiger partial charge in [-0.3, -0.25) is 9.59 Å². The molecule has 0 aromatic carbocycles. The Labute approximate surface area is 438 Å². The van der Waals surface area contributed by atoms with Gasteiger partial charge in [-0.05, 0) is 77.0 Å². The lowest BCUT2D eigenvalue weighted by atomic mass is 10.0. The number of hydrogen-bond donors (Lipinski definition) is 0. The van der Waals surface area contributed by atoms with Crippen molar-refractivity contribution in [3.8, 4) is 0 Å². The number of rotatable bonds is 59. The van der Waals surface area contributed by atoms with Crippen molar-refractivity contribution in [2.24, 2.45) is 0 Å². The second-order valence-electron chi connectivity index (χ2n) is 21.3. The van der Waals surface area contributed by atoms with Gasteiger partial charge in [0.1, 0.15) is 6.61 Å². The third-order valence-corrected chi connectivity index (χ3v) is 14.1. The van der Waals surface area contributed by atoms with E-state index in [0.717, 1.165) is 44.9 Å². The van der Waals surface area contributed by atoms with Crippen LogP contribution in [0.2, 0.25) is 0 Å². The summed E-state index contributed by atoms with van der Waals surface area (Å²) in [5.41, 5.74) is 0. The van der Waals surface area contributed by atoms with E-state index >= 15 is 0 Å². The standard InChI is InChI=1S/C65H122O5/c1-4-7-10-13-16-19-22-25-28-31-32-33-34-36-38-41-44-47-50-53-56-59-65(67)70-63(61-68-60-57-54-51-48-45-42-39-30-27-24-21-18-15-12-9-6-3)62-69-64(66)58-55-52-49-46-43-40-37-35-29-26-23-20-17-14-11-8-5-2/h17,20,25-26,28-29,63H,4-16,18-19,21-24,27,30-62H2,1-3H3/b20-17-,28-25-,29-26-/t63-/m1/s1. The molecule has 5 heteroatoms. The highest BCUT2D eigenvalue weighted by molar-refractivity contribution is 5.70. The van der Waals surface area contributed by atoms with Gasteiger partial charge in [0.25, 0.3) is 0 Å². The average molecular weight is 984 g/mol. The Kier molecular flexibility index (Phi) is 59.8. The van der Waals surface area contributed by atoms with Crippen LogP contribution in [0.5, 0.6) is 0 Å². The molecular weight excluding hydrogens is 861 g/mol. The number of carbonyl (C=O) groups excluding carboxylic acids is 2. The van der Waals surface area contributed by atoms with Crippen LogP contribution in [0.25, 0.3) is 0 Å². The zero-order valence-corrected chi connectivity index (χ0v) is 47.6. The van der Waals surface area contributed by atoms with E-state index in [1.807, 2.05) is 0 Å². The van der Waals surface area contributed by atoms with E-state index in [1.54, 1.807) is 0 Å². The van der Waals surface area contributed by atoms with E-state index in [4.69, 9.17) is 14.2 Å². The number of ether oxygens (including phenoxy) is 3. The summed E-state index contributed by atoms with van der Waals surface area (Å²) in [5.74, 6) is -0.384. The van der Waals surface area contributed by atoms with Gasteiger partial charge in [-0.25, -0.2) is 0 Å². The first-order valence-electron chi connectivity index (χ1n) is 31.5. The zero-order chi connectivity index (χ0) is 50.6. The average Bonchev–Trinajstić information content (AvgIpc) is 3.36. The maximum absolute atomic E-state index is 12.9. The van der Waals surface area contributed by atoms with Crippen LogP contribution in [-0.2, 0) is 23.8 Å². The highest BCUT2D eigenvalue weighted by atomic mass is 16.6. The van der Waals surface area contributed by atoms with Gasteiger partial charge in [0.05, 0.1) is 6.61 Å². The molecule has 70 heavy (non-hydrogen) atoms. The Morgan fingerprint density at radius 3 is 0.986 bits per heavy atom. The molecule has 412 valence electrons. The van der Waals surface area contributed by atoms with E-state index in [-0.39, 0.29) is 18.5 Å². The van der Waals surface area contributed by atoms with Gasteiger partial charge in [0.15, 0.2) is 6.10 Å². The summed E-state index contributed by atoms with van der Waals surface area (Å²) in [7, 11) is 0. The smallest absolute Gasteiger partial charge is 0.306 e. The first-order chi connectivity index (χ1) is 34.6. The van der Waals surface area contributed by atoms with Gasteiger partial charge in [-0.2, -0.15) is 0 Å². The lowest BCUT2D eigenvalue weighted by Crippen LogP contribution is -2.30. The molecule has 0 spiro atoms. The second-order valence-corrected chi connectivity index (χ2v) is 21.3. The molecule has 0 aliphatic rings. The third kappa shape index (κ3) is 58.7. The predicted octanol–water partition coefficient (Wildman–Crippen LogP) is 21.7. The van der Waals surface area contributed by atoms with Crippen molar-refractivity contribution in [1.29, 1.82) is 0 Å². The van der Waals surface area contributed by atoms with Crippen molar-refractivity contribution < 1.29 is 23.8 Å². The lowest BCUT2D eigenvalue weighted by molar-refractivity contribution is -0.163. The Bertz CT molecular complexity index is 1110. The van der Waals surface area contributed by atoms with Crippen LogP contribution in [0.1, 0.15) is 342 Å². The van der Waals surface area contributed by atoms with E-state index in [1.165, 1.54) is 263 Å². The molecular formula is C65H122O5. The summed E-state index contributed by atoms with van der Waals surface area (Å²) in [4.78, 5) is 25.6. The number of hydrogen-bond acceptors (Lipinski definition) is 5. The van der Waals surface area contributed by atoms with Gasteiger partial charge in [0.2, 0.25) is 0 Å². The van der Waals surface area contributed by atoms with Crippen LogP contribution >= 0.6 is 0 Å². The fourth-order valence-corrected chi connectivity index (χ4v) is 9.42. The summed E-state index contributed by atoms with van der Waals surface area (Å²) >= 11 is 0. The number of esters is 2. The monoisotopic (exact) mass is 983 g/mol. The van der Waals surface area contributed by atoms with Gasteiger partial charge < -0.3 is 14.2 Å². The Morgan fingerprint density at radius 1 is 0.314 bits per heavy atom. The zero-order valence-electron chi connectivity index (χ0n) is 47.6. The topological polar surface area (TPSA) is 61.8 Å². The van der Waals surface area contributed by atoms with Gasteiger partial charge in [0, 0.05) is 19.4 Å². The molecule has 0 N–H and O–H groups in total. The number of allylic oxidation sites excluding steroid dienone is 6. The maximum Gasteiger partial charge on any atom is 0.306 e. The second kappa shape index (κ2) is 61.4. The van der Waals surface area contributed by atoms with E-state index in [0.29, 0.717) is 26.1 Å². The molecule has 5 nitrogen and oxygen atoms in total. The van der Waals surface area contributed by atoms with Gasteiger partial charge >= 0.3 is 11.9 Å². The molecule has 0 aromatic heterocycles. The molecule has 1 atom stereocenters. The fraction of sp³-hybridized carbons (Fsp3) is 0.877. The largest absolute Gasteiger partial charge is 0.462 e. The van der Waals surface area contributed by atoms with Crippen LogP contribution in [-0.4, -0.2) is 37.9 Å². The summed E-state index contributed by atoms with van der Waals surface area (Å²) in [6.45, 7) is 7.87. The Balaban J connectivity index is 4.23. The van der Waals surface area contributed by atoms with Crippen LogP contribution in [0.3, 0.4) is 0 Å². The number of unbranched alkanes of at least 4 members (excludes halogenated alkanes) is 42. The highest BCUT2D eigenvalue weighted by Crippen LogP contribution is 2.17. The fourth-order valence-electron chi connectivity index (χ4n) is 9.42. The normalized spacial score (nSPS) is 12.3. The van der Waals surface area contributed by atoms with E-state index in [2.05, 4.69) is 57.2 Å². The van der Waals surface area contributed by atoms with Gasteiger partial charge in [-0.1, -0.05) is 288 Å². The molecule has 0 saturated carbocycles. The van der Waals surface area contributed by atoms with E-state index < -0.39 is 6.10 Å². The summed E-state index contributed by atoms with van der Waals surface area (Å²) in [6, 6.07) is 0. The Hall–Kier alpha value is -1.88. The van der Waals surface area contributed by atoms with Crippen molar-refractivity contribution in [3.05, 3.63) is 36.5 Å². The van der Waals surface area contributed by atoms with Crippen LogP contribution < -0.4 is 0 Å². The quantitative estimate of drug-likeness (QED) is 0.0345. The van der Waals surface area contributed by atoms with Crippen LogP contribution in [0, 0.1) is 0 Å². The molecule has 0 aliphatic carbocycles. The Morgan fingerprint density at radius 2 is 0.600 bits per heavy atom. The molecule has 0 radical (unpaired) electrons. The van der Waals surface area contributed by atoms with Crippen molar-refractivity contribution in [1.82, 2.24) is 0 Å². The highest BCUT2D eigenvalue weighted by Gasteiger charge is 2.18. The first-order valence-corrected chi connectivity index (χ1v) is 31.5. The molecule has 0 unspecified atom stereocenters. The molecule has 0 saturated heterocycles. The van der Waals surface area contributed by atoms with Crippen LogP contribution in [0.4, 0.5) is 0 Å². The minimum atomic E-state index is -0.536. The summed E-state index contributed by atoms with van der Waals surface area (Å²) < 4.78 is 17.5. The van der Waals surface area contributed by atoms with Crippen LogP contribution in [0.15, 0.2) is 36.5 Å². The van der Waals surface area contributed by atoms with Gasteiger partial charge in [-0.15, -0.1) is 0 Å². The summed E-state index contributed by atoms with van der Waals surface area (Å²) in [6.07, 6.45) is 76.0. The lowest BCUT2D eigenvalue weighted by Gasteiger charge is -2.18. The van der Waals surface area contributed by atoms with E-state index in [9.17, 15) is 9.59 Å². The first kappa shape index (κ1) is 68.1. The van der Waals surface area contributed by atoms with Crippen molar-refractivity contribution in [3.63, 3.8) is 0 Å². The summed E-state index contributed by atoms with van der Waals surface area (Å²) in [5, 5.41) is 0. The number of carbonyl (C=O) groups is 2. The minimum absolute atomic E-state index is 0.0869. The molecule has 0 amide bonds. The molecule has 0 bridgehead atoms.